The molecule has 0 spiro atoms. The second-order valence-electron chi connectivity index (χ2n) is 10.2. The lowest BCUT2D eigenvalue weighted by Crippen LogP contribution is -2.31. The molecule has 4 aromatic rings. The topological polar surface area (TPSA) is 115 Å². The third kappa shape index (κ3) is 9.93. The average molecular weight is 650 g/mol. The Kier molecular flexibility index (Phi) is 12.7. The third-order valence-electron chi connectivity index (χ3n) is 6.84. The maximum atomic E-state index is 11.9. The first kappa shape index (κ1) is 34.8. The molecule has 0 unspecified atom stereocenters. The van der Waals surface area contributed by atoms with Crippen molar-refractivity contribution in [3.05, 3.63) is 107 Å². The largest absolute Gasteiger partial charge is 0.481 e. The molecule has 45 heavy (non-hydrogen) atoms. The summed E-state index contributed by atoms with van der Waals surface area (Å²) in [6.07, 6.45) is -0.211. The van der Waals surface area contributed by atoms with E-state index < -0.39 is 11.9 Å². The van der Waals surface area contributed by atoms with Crippen LogP contribution in [0.25, 0.3) is 22.3 Å². The Morgan fingerprint density at radius 1 is 0.600 bits per heavy atom. The molecular formula is C35H34Cl2N2O6. The molecule has 0 aliphatic carbocycles. The van der Waals surface area contributed by atoms with Crippen molar-refractivity contribution in [3.63, 3.8) is 0 Å². The minimum atomic E-state index is -0.955. The van der Waals surface area contributed by atoms with E-state index in [1.807, 2.05) is 73.7 Å². The number of hydrogen-bond donors (Lipinski definition) is 2. The summed E-state index contributed by atoms with van der Waals surface area (Å²) in [6, 6.07) is 28.1. The Hall–Kier alpha value is -4.66. The van der Waals surface area contributed by atoms with Gasteiger partial charge in [0.1, 0.15) is 0 Å². The smallest absolute Gasteiger partial charge is 0.305 e. The van der Waals surface area contributed by atoms with Crippen LogP contribution < -0.4 is 9.80 Å². The van der Waals surface area contributed by atoms with Crippen molar-refractivity contribution in [3.8, 4) is 22.3 Å². The summed E-state index contributed by atoms with van der Waals surface area (Å²) in [5.74, 6) is -2.26. The van der Waals surface area contributed by atoms with E-state index in [0.717, 1.165) is 33.5 Å². The summed E-state index contributed by atoms with van der Waals surface area (Å²) in [4.78, 5) is 48.5. The third-order valence-corrected chi connectivity index (χ3v) is 7.58. The monoisotopic (exact) mass is 648 g/mol. The molecule has 0 aliphatic heterocycles. The summed E-state index contributed by atoms with van der Waals surface area (Å²) in [7, 11) is 0. The van der Waals surface area contributed by atoms with Crippen LogP contribution in [0.15, 0.2) is 91.0 Å². The number of carbonyl (C=O) groups excluding carboxylic acids is 2. The Bertz CT molecular complexity index is 1670. The summed E-state index contributed by atoms with van der Waals surface area (Å²) < 4.78 is 0. The van der Waals surface area contributed by atoms with E-state index in [4.69, 9.17) is 33.4 Å². The van der Waals surface area contributed by atoms with Gasteiger partial charge in [-0.25, -0.2) is 0 Å². The van der Waals surface area contributed by atoms with Gasteiger partial charge in [-0.3, -0.25) is 19.2 Å². The Morgan fingerprint density at radius 3 is 1.44 bits per heavy atom. The van der Waals surface area contributed by atoms with Gasteiger partial charge in [0, 0.05) is 38.1 Å². The summed E-state index contributed by atoms with van der Waals surface area (Å²) in [5.41, 5.74) is 6.05. The van der Waals surface area contributed by atoms with Gasteiger partial charge in [0.15, 0.2) is 0 Å². The summed E-state index contributed by atoms with van der Waals surface area (Å²) in [5, 5.41) is 18.6. The molecule has 10 heteroatoms. The van der Waals surface area contributed by atoms with Crippen LogP contribution in [0.2, 0.25) is 10.0 Å². The zero-order valence-electron chi connectivity index (χ0n) is 25.2. The molecular weight excluding hydrogens is 615 g/mol. The lowest BCUT2D eigenvalue weighted by Gasteiger charge is -2.23. The molecule has 0 aromatic heterocycles. The van der Waals surface area contributed by atoms with Gasteiger partial charge in [0.25, 0.3) is 0 Å². The number of rotatable bonds is 10. The number of amides is 2. The van der Waals surface area contributed by atoms with E-state index in [0.29, 0.717) is 15.7 Å². The quantitative estimate of drug-likeness (QED) is 0.180. The van der Waals surface area contributed by atoms with Crippen molar-refractivity contribution in [2.45, 2.75) is 33.6 Å². The first-order chi connectivity index (χ1) is 21.4. The standard InChI is InChI=1S/C18H19NO3.C17H15Cl2NO3/c1-13-7-9-15(10-8-13)16-5-3-4-6-17(16)19(14(2)20)12-11-18(21)22;1-11(21)20(9-8-17(22)23)16-5-3-2-4-13(16)12-6-7-14(18)15(19)10-12/h3-10H,11-12H2,1-2H3,(H,21,22);2-7,10H,8-9H2,1H3,(H,22,23). The SMILES string of the molecule is CC(=O)N(CCC(=O)O)c1ccccc1-c1ccc(C)cc1.CC(=O)N(CCC(=O)O)c1ccccc1-c1ccc(Cl)c(Cl)c1. The van der Waals surface area contributed by atoms with Gasteiger partial charge >= 0.3 is 11.9 Å². The van der Waals surface area contributed by atoms with E-state index in [1.54, 1.807) is 24.3 Å². The minimum Gasteiger partial charge on any atom is -0.481 e. The highest BCUT2D eigenvalue weighted by Gasteiger charge is 2.18. The van der Waals surface area contributed by atoms with Crippen molar-refractivity contribution in [2.75, 3.05) is 22.9 Å². The van der Waals surface area contributed by atoms with Crippen molar-refractivity contribution in [2.24, 2.45) is 0 Å². The molecule has 0 bridgehead atoms. The summed E-state index contributed by atoms with van der Waals surface area (Å²) in [6.45, 7) is 5.14. The fourth-order valence-electron chi connectivity index (χ4n) is 4.61. The molecule has 0 heterocycles. The van der Waals surface area contributed by atoms with Gasteiger partial charge in [-0.05, 0) is 42.3 Å². The average Bonchev–Trinajstić information content (AvgIpc) is 2.99. The van der Waals surface area contributed by atoms with Gasteiger partial charge in [-0.15, -0.1) is 0 Å². The number of hydrogen-bond acceptors (Lipinski definition) is 4. The number of anilines is 2. The molecule has 0 saturated carbocycles. The van der Waals surface area contributed by atoms with Crippen LogP contribution in [-0.4, -0.2) is 47.1 Å². The number of aryl methyl sites for hydroxylation is 1. The fourth-order valence-corrected chi connectivity index (χ4v) is 4.91. The number of para-hydroxylation sites is 2. The predicted molar refractivity (Wildman–Crippen MR) is 179 cm³/mol. The first-order valence-corrected chi connectivity index (χ1v) is 14.8. The van der Waals surface area contributed by atoms with Crippen molar-refractivity contribution in [1.82, 2.24) is 0 Å². The van der Waals surface area contributed by atoms with Crippen LogP contribution in [0.3, 0.4) is 0 Å². The number of carbonyl (C=O) groups is 4. The van der Waals surface area contributed by atoms with E-state index in [2.05, 4.69) is 0 Å². The van der Waals surface area contributed by atoms with E-state index in [9.17, 15) is 19.2 Å². The van der Waals surface area contributed by atoms with Gasteiger partial charge in [0.2, 0.25) is 11.8 Å². The number of nitrogens with zero attached hydrogens (tertiary/aromatic N) is 2. The van der Waals surface area contributed by atoms with E-state index in [1.165, 1.54) is 23.6 Å². The Labute approximate surface area is 272 Å². The fraction of sp³-hybridized carbons (Fsp3) is 0.200. The molecule has 2 N–H and O–H groups in total. The van der Waals surface area contributed by atoms with Crippen molar-refractivity contribution >= 4 is 58.3 Å². The maximum Gasteiger partial charge on any atom is 0.305 e. The van der Waals surface area contributed by atoms with Crippen molar-refractivity contribution in [1.29, 1.82) is 0 Å². The zero-order valence-corrected chi connectivity index (χ0v) is 26.7. The number of halogens is 2. The molecule has 4 aromatic carbocycles. The highest BCUT2D eigenvalue weighted by Crippen LogP contribution is 2.35. The molecule has 8 nitrogen and oxygen atoms in total. The molecule has 0 aliphatic rings. The van der Waals surface area contributed by atoms with Gasteiger partial charge in [-0.1, -0.05) is 95.5 Å². The predicted octanol–water partition coefficient (Wildman–Crippen LogP) is 7.98. The van der Waals surface area contributed by atoms with Gasteiger partial charge in [-0.2, -0.15) is 0 Å². The molecule has 0 fully saturated rings. The molecule has 2 amide bonds. The maximum absolute atomic E-state index is 11.9. The molecule has 0 radical (unpaired) electrons. The lowest BCUT2D eigenvalue weighted by atomic mass is 10.0. The highest BCUT2D eigenvalue weighted by molar-refractivity contribution is 6.42. The minimum absolute atomic E-state index is 0.0815. The Balaban J connectivity index is 0.000000246. The van der Waals surface area contributed by atoms with Crippen LogP contribution >= 0.6 is 23.2 Å². The van der Waals surface area contributed by atoms with Crippen LogP contribution in [0.4, 0.5) is 11.4 Å². The number of carboxylic acid groups (broad SMARTS) is 2. The van der Waals surface area contributed by atoms with Gasteiger partial charge in [0.05, 0.1) is 34.3 Å². The molecule has 4 rings (SSSR count). The van der Waals surface area contributed by atoms with Crippen molar-refractivity contribution < 1.29 is 29.4 Å². The number of aliphatic carboxylic acids is 2. The summed E-state index contributed by atoms with van der Waals surface area (Å²) >= 11 is 12.0. The van der Waals surface area contributed by atoms with Crippen LogP contribution in [0.5, 0.6) is 0 Å². The normalized spacial score (nSPS) is 10.3. The number of benzene rings is 4. The second-order valence-corrected chi connectivity index (χ2v) is 11.0. The second kappa shape index (κ2) is 16.4. The molecule has 234 valence electrons. The molecule has 0 atom stereocenters. The van der Waals surface area contributed by atoms with E-state index >= 15 is 0 Å². The Morgan fingerprint density at radius 2 is 1.02 bits per heavy atom. The van der Waals surface area contributed by atoms with Crippen LogP contribution in [-0.2, 0) is 19.2 Å². The van der Waals surface area contributed by atoms with Gasteiger partial charge < -0.3 is 20.0 Å². The number of carboxylic acids is 2. The lowest BCUT2D eigenvalue weighted by molar-refractivity contribution is -0.137. The van der Waals surface area contributed by atoms with E-state index in [-0.39, 0.29) is 37.7 Å². The highest BCUT2D eigenvalue weighted by atomic mass is 35.5. The zero-order chi connectivity index (χ0) is 33.1. The van der Waals surface area contributed by atoms with Crippen LogP contribution in [0, 0.1) is 6.92 Å². The molecule has 0 saturated heterocycles. The first-order valence-electron chi connectivity index (χ1n) is 14.1. The van der Waals surface area contributed by atoms with Crippen LogP contribution in [0.1, 0.15) is 32.3 Å².